The molecule has 0 aliphatic carbocycles. The number of piperidine rings is 1. The Balaban J connectivity index is 1.22. The lowest BCUT2D eigenvalue weighted by molar-refractivity contribution is -0.114. The van der Waals surface area contributed by atoms with Gasteiger partial charge in [-0.1, -0.05) is 11.2 Å². The van der Waals surface area contributed by atoms with E-state index in [0.717, 1.165) is 35.0 Å². The fourth-order valence-corrected chi connectivity index (χ4v) is 4.12. The number of nitrogens with zero attached hydrogens (tertiary/aromatic N) is 3. The van der Waals surface area contributed by atoms with Crippen LogP contribution in [0.4, 0.5) is 5.69 Å². The predicted molar refractivity (Wildman–Crippen MR) is 120 cm³/mol. The number of likely N-dealkylation sites (tertiary alicyclic amines) is 1. The molecule has 8 heteroatoms. The Morgan fingerprint density at radius 3 is 2.62 bits per heavy atom. The number of hydrogen-bond acceptors (Lipinski definition) is 5. The SMILES string of the molecule is CC(=O)Nc1ccc(-c2noc(C3CCN(C(=O)c4ccc5cc[nH]c5c4)CC3)n2)cc1. The summed E-state index contributed by atoms with van der Waals surface area (Å²) >= 11 is 0. The van der Waals surface area contributed by atoms with Gasteiger partial charge in [0, 0.05) is 54.5 Å². The molecule has 0 atom stereocenters. The molecule has 2 N–H and O–H groups in total. The van der Waals surface area contributed by atoms with E-state index in [4.69, 9.17) is 4.52 Å². The van der Waals surface area contributed by atoms with Gasteiger partial charge in [-0.25, -0.2) is 0 Å². The maximum Gasteiger partial charge on any atom is 0.253 e. The summed E-state index contributed by atoms with van der Waals surface area (Å²) < 4.78 is 5.53. The van der Waals surface area contributed by atoms with Crippen LogP contribution in [-0.4, -0.2) is 44.9 Å². The van der Waals surface area contributed by atoms with E-state index in [1.54, 1.807) is 12.1 Å². The molecule has 3 heterocycles. The highest BCUT2D eigenvalue weighted by Crippen LogP contribution is 2.29. The van der Waals surface area contributed by atoms with Gasteiger partial charge in [0.05, 0.1) is 0 Å². The summed E-state index contributed by atoms with van der Waals surface area (Å²) in [5.41, 5.74) is 3.20. The first-order valence-corrected chi connectivity index (χ1v) is 10.6. The zero-order valence-electron chi connectivity index (χ0n) is 17.7. The van der Waals surface area contributed by atoms with Crippen molar-refractivity contribution in [1.82, 2.24) is 20.0 Å². The third kappa shape index (κ3) is 3.99. The smallest absolute Gasteiger partial charge is 0.253 e. The number of hydrogen-bond donors (Lipinski definition) is 2. The lowest BCUT2D eigenvalue weighted by atomic mass is 9.96. The average Bonchev–Trinajstić information content (AvgIpc) is 3.48. The molecule has 0 unspecified atom stereocenters. The number of aromatic amines is 1. The summed E-state index contributed by atoms with van der Waals surface area (Å²) in [7, 11) is 0. The predicted octanol–water partition coefficient (Wildman–Crippen LogP) is 4.20. The third-order valence-electron chi connectivity index (χ3n) is 5.84. The minimum absolute atomic E-state index is 0.0467. The van der Waals surface area contributed by atoms with Gasteiger partial charge in [0.1, 0.15) is 0 Å². The molecule has 2 aromatic carbocycles. The quantitative estimate of drug-likeness (QED) is 0.506. The summed E-state index contributed by atoms with van der Waals surface area (Å²) in [4.78, 5) is 33.7. The summed E-state index contributed by atoms with van der Waals surface area (Å²) in [5, 5.41) is 7.95. The Kier molecular flexibility index (Phi) is 5.18. The Hall–Kier alpha value is -3.94. The molecule has 0 radical (unpaired) electrons. The zero-order chi connectivity index (χ0) is 22.1. The lowest BCUT2D eigenvalue weighted by Crippen LogP contribution is -2.38. The van der Waals surface area contributed by atoms with Crippen LogP contribution in [0.15, 0.2) is 59.3 Å². The van der Waals surface area contributed by atoms with E-state index in [1.807, 2.05) is 47.5 Å². The van der Waals surface area contributed by atoms with E-state index in [9.17, 15) is 9.59 Å². The second-order valence-corrected chi connectivity index (χ2v) is 8.06. The van der Waals surface area contributed by atoms with Crippen LogP contribution in [0.3, 0.4) is 0 Å². The normalized spacial score (nSPS) is 14.6. The van der Waals surface area contributed by atoms with Crippen LogP contribution in [0, 0.1) is 0 Å². The van der Waals surface area contributed by atoms with Gasteiger partial charge in [0.25, 0.3) is 5.91 Å². The summed E-state index contributed by atoms with van der Waals surface area (Å²) in [5.74, 6) is 1.18. The molecule has 0 saturated carbocycles. The van der Waals surface area contributed by atoms with Crippen LogP contribution < -0.4 is 5.32 Å². The van der Waals surface area contributed by atoms with Crippen LogP contribution >= 0.6 is 0 Å². The van der Waals surface area contributed by atoms with E-state index in [1.165, 1.54) is 6.92 Å². The van der Waals surface area contributed by atoms with Crippen molar-refractivity contribution < 1.29 is 14.1 Å². The van der Waals surface area contributed by atoms with Gasteiger partial charge in [0.2, 0.25) is 17.6 Å². The molecule has 2 amide bonds. The molecule has 5 rings (SSSR count). The number of aromatic nitrogens is 3. The van der Waals surface area contributed by atoms with Crippen LogP contribution in [0.25, 0.3) is 22.3 Å². The number of anilines is 1. The average molecular weight is 429 g/mol. The van der Waals surface area contributed by atoms with Gasteiger partial charge in [-0.15, -0.1) is 0 Å². The summed E-state index contributed by atoms with van der Waals surface area (Å²) in [6.07, 6.45) is 3.43. The highest BCUT2D eigenvalue weighted by molar-refractivity contribution is 5.98. The molecule has 1 saturated heterocycles. The Bertz CT molecular complexity index is 1270. The first kappa shape index (κ1) is 20.0. The number of nitrogens with one attached hydrogen (secondary N) is 2. The maximum atomic E-state index is 12.9. The number of carbonyl (C=O) groups excluding carboxylic acids is 2. The van der Waals surface area contributed by atoms with E-state index >= 15 is 0 Å². The number of benzene rings is 2. The van der Waals surface area contributed by atoms with Crippen molar-refractivity contribution in [2.24, 2.45) is 0 Å². The van der Waals surface area contributed by atoms with Gasteiger partial charge < -0.3 is 19.7 Å². The minimum Gasteiger partial charge on any atom is -0.361 e. The van der Waals surface area contributed by atoms with Crippen LogP contribution in [0.5, 0.6) is 0 Å². The van der Waals surface area contributed by atoms with Gasteiger partial charge in [-0.2, -0.15) is 4.98 Å². The highest BCUT2D eigenvalue weighted by Gasteiger charge is 2.28. The molecule has 8 nitrogen and oxygen atoms in total. The van der Waals surface area contributed by atoms with Crippen molar-refractivity contribution in [2.45, 2.75) is 25.7 Å². The van der Waals surface area contributed by atoms with E-state index in [0.29, 0.717) is 30.4 Å². The molecular weight excluding hydrogens is 406 g/mol. The van der Waals surface area contributed by atoms with Crippen LogP contribution in [-0.2, 0) is 4.79 Å². The molecule has 4 aromatic rings. The van der Waals surface area contributed by atoms with Gasteiger partial charge in [-0.3, -0.25) is 9.59 Å². The zero-order valence-corrected chi connectivity index (χ0v) is 17.7. The molecular formula is C24H23N5O3. The van der Waals surface area contributed by atoms with E-state index in [-0.39, 0.29) is 17.7 Å². The Morgan fingerprint density at radius 2 is 1.88 bits per heavy atom. The molecule has 1 aliphatic heterocycles. The van der Waals surface area contributed by atoms with Crippen molar-refractivity contribution in [3.63, 3.8) is 0 Å². The second-order valence-electron chi connectivity index (χ2n) is 8.06. The van der Waals surface area contributed by atoms with Gasteiger partial charge in [0.15, 0.2) is 0 Å². The molecule has 2 aromatic heterocycles. The van der Waals surface area contributed by atoms with Crippen molar-refractivity contribution in [3.8, 4) is 11.4 Å². The minimum atomic E-state index is -0.116. The largest absolute Gasteiger partial charge is 0.361 e. The number of carbonyl (C=O) groups is 2. The molecule has 0 spiro atoms. The second kappa shape index (κ2) is 8.30. The van der Waals surface area contributed by atoms with E-state index < -0.39 is 0 Å². The highest BCUT2D eigenvalue weighted by atomic mass is 16.5. The van der Waals surface area contributed by atoms with Crippen molar-refractivity contribution in [2.75, 3.05) is 18.4 Å². The van der Waals surface area contributed by atoms with Crippen LogP contribution in [0.1, 0.15) is 41.9 Å². The summed E-state index contributed by atoms with van der Waals surface area (Å²) in [6.45, 7) is 2.77. The monoisotopic (exact) mass is 429 g/mol. The Morgan fingerprint density at radius 1 is 1.09 bits per heavy atom. The molecule has 1 aliphatic rings. The third-order valence-corrected chi connectivity index (χ3v) is 5.84. The van der Waals surface area contributed by atoms with Crippen molar-refractivity contribution in [1.29, 1.82) is 0 Å². The number of rotatable bonds is 4. The summed E-state index contributed by atoms with van der Waals surface area (Å²) in [6, 6.07) is 15.1. The fraction of sp³-hybridized carbons (Fsp3) is 0.250. The van der Waals surface area contributed by atoms with Gasteiger partial charge in [-0.05, 0) is 60.7 Å². The first-order chi connectivity index (χ1) is 15.6. The van der Waals surface area contributed by atoms with Crippen molar-refractivity contribution in [3.05, 3.63) is 66.2 Å². The standard InChI is InChI=1S/C24H23N5O3/c1-15(30)26-20-6-4-17(5-7-20)22-27-23(32-28-22)18-9-12-29(13-10-18)24(31)19-3-2-16-8-11-25-21(16)14-19/h2-8,11,14,18,25H,9-10,12-13H2,1H3,(H,26,30). The Labute approximate surface area is 184 Å². The topological polar surface area (TPSA) is 104 Å². The van der Waals surface area contributed by atoms with Crippen LogP contribution in [0.2, 0.25) is 0 Å². The van der Waals surface area contributed by atoms with Gasteiger partial charge >= 0.3 is 0 Å². The molecule has 162 valence electrons. The maximum absolute atomic E-state index is 12.9. The lowest BCUT2D eigenvalue weighted by Gasteiger charge is -2.30. The fourth-order valence-electron chi connectivity index (χ4n) is 4.12. The number of H-pyrrole nitrogens is 1. The van der Waals surface area contributed by atoms with Crippen molar-refractivity contribution >= 4 is 28.4 Å². The number of amides is 2. The molecule has 1 fully saturated rings. The molecule has 32 heavy (non-hydrogen) atoms. The first-order valence-electron chi connectivity index (χ1n) is 10.6. The number of fused-ring (bicyclic) bond motifs is 1. The van der Waals surface area contributed by atoms with E-state index in [2.05, 4.69) is 20.4 Å². The molecule has 0 bridgehead atoms.